The fraction of sp³-hybridized carbons (Fsp3) is 0.133. The van der Waals surface area contributed by atoms with Crippen LogP contribution in [0.4, 0.5) is 20.2 Å². The van der Waals surface area contributed by atoms with Crippen molar-refractivity contribution >= 4 is 17.3 Å². The van der Waals surface area contributed by atoms with Crippen LogP contribution in [0.5, 0.6) is 5.75 Å². The van der Waals surface area contributed by atoms with E-state index in [-0.39, 0.29) is 22.5 Å². The summed E-state index contributed by atoms with van der Waals surface area (Å²) in [6.07, 6.45) is 0. The first-order chi connectivity index (χ1) is 9.92. The van der Waals surface area contributed by atoms with Gasteiger partial charge in [-0.1, -0.05) is 0 Å². The van der Waals surface area contributed by atoms with Crippen molar-refractivity contribution in [3.8, 4) is 5.75 Å². The van der Waals surface area contributed by atoms with Crippen LogP contribution in [0.3, 0.4) is 0 Å². The first kappa shape index (κ1) is 14.8. The number of rotatable bonds is 3. The molecule has 0 unspecified atom stereocenters. The zero-order valence-electron chi connectivity index (χ0n) is 11.5. The van der Waals surface area contributed by atoms with Crippen molar-refractivity contribution in [3.05, 3.63) is 53.1 Å². The minimum Gasteiger partial charge on any atom is -0.497 e. The summed E-state index contributed by atoms with van der Waals surface area (Å²) in [7, 11) is 1.45. The molecule has 110 valence electrons. The van der Waals surface area contributed by atoms with Gasteiger partial charge in [-0.25, -0.2) is 8.78 Å². The van der Waals surface area contributed by atoms with Gasteiger partial charge in [-0.15, -0.1) is 0 Å². The normalized spacial score (nSPS) is 10.3. The van der Waals surface area contributed by atoms with Gasteiger partial charge < -0.3 is 15.8 Å². The summed E-state index contributed by atoms with van der Waals surface area (Å²) in [5.74, 6) is -1.53. The molecule has 0 atom stereocenters. The number of ether oxygens (including phenoxy) is 1. The van der Waals surface area contributed by atoms with Gasteiger partial charge in [0.15, 0.2) is 0 Å². The lowest BCUT2D eigenvalue weighted by atomic mass is 10.1. The van der Waals surface area contributed by atoms with Gasteiger partial charge in [-0.2, -0.15) is 0 Å². The maximum atomic E-state index is 13.7. The number of nitrogen functional groups attached to an aromatic ring is 1. The van der Waals surface area contributed by atoms with E-state index in [1.54, 1.807) is 6.07 Å². The van der Waals surface area contributed by atoms with Crippen molar-refractivity contribution in [1.29, 1.82) is 0 Å². The smallest absolute Gasteiger partial charge is 0.257 e. The molecule has 2 rings (SSSR count). The summed E-state index contributed by atoms with van der Waals surface area (Å²) in [6.45, 7) is 1.43. The van der Waals surface area contributed by atoms with Gasteiger partial charge in [0, 0.05) is 11.8 Å². The first-order valence-electron chi connectivity index (χ1n) is 6.13. The molecule has 2 aromatic rings. The molecule has 0 saturated heterocycles. The molecule has 2 aromatic carbocycles. The van der Waals surface area contributed by atoms with Gasteiger partial charge in [-0.3, -0.25) is 4.79 Å². The SMILES string of the molecule is COc1ccc(N)c(C(=O)Nc2cc(F)c(C)cc2F)c1. The van der Waals surface area contributed by atoms with E-state index < -0.39 is 17.5 Å². The molecule has 3 N–H and O–H groups in total. The maximum absolute atomic E-state index is 13.7. The fourth-order valence-corrected chi connectivity index (χ4v) is 1.79. The Kier molecular flexibility index (Phi) is 4.07. The third-order valence-electron chi connectivity index (χ3n) is 3.00. The summed E-state index contributed by atoms with van der Waals surface area (Å²) in [4.78, 5) is 12.1. The number of methoxy groups -OCH3 is 1. The highest BCUT2D eigenvalue weighted by Crippen LogP contribution is 2.23. The Bertz CT molecular complexity index is 702. The molecule has 0 spiro atoms. The Labute approximate surface area is 120 Å². The number of hydrogen-bond donors (Lipinski definition) is 2. The topological polar surface area (TPSA) is 64.3 Å². The lowest BCUT2D eigenvalue weighted by molar-refractivity contribution is 0.102. The lowest BCUT2D eigenvalue weighted by Gasteiger charge is -2.10. The minimum atomic E-state index is -0.719. The van der Waals surface area contributed by atoms with Crippen molar-refractivity contribution in [2.24, 2.45) is 0 Å². The quantitative estimate of drug-likeness (QED) is 0.854. The monoisotopic (exact) mass is 292 g/mol. The Morgan fingerprint density at radius 3 is 2.57 bits per heavy atom. The second-order valence-corrected chi connectivity index (χ2v) is 4.49. The van der Waals surface area contributed by atoms with Crippen LogP contribution < -0.4 is 15.8 Å². The maximum Gasteiger partial charge on any atom is 0.257 e. The third-order valence-corrected chi connectivity index (χ3v) is 3.00. The Morgan fingerprint density at radius 2 is 1.90 bits per heavy atom. The molecule has 0 heterocycles. The van der Waals surface area contributed by atoms with Crippen molar-refractivity contribution < 1.29 is 18.3 Å². The molecule has 0 aromatic heterocycles. The highest BCUT2D eigenvalue weighted by atomic mass is 19.1. The number of amides is 1. The van der Waals surface area contributed by atoms with Crippen LogP contribution in [0.1, 0.15) is 15.9 Å². The molecule has 0 aliphatic heterocycles. The van der Waals surface area contributed by atoms with E-state index in [4.69, 9.17) is 10.5 Å². The Morgan fingerprint density at radius 1 is 1.19 bits per heavy atom. The zero-order valence-corrected chi connectivity index (χ0v) is 11.5. The van der Waals surface area contributed by atoms with Crippen LogP contribution >= 0.6 is 0 Å². The van der Waals surface area contributed by atoms with Crippen LogP contribution in [-0.2, 0) is 0 Å². The number of halogens is 2. The number of hydrogen-bond acceptors (Lipinski definition) is 3. The molecule has 21 heavy (non-hydrogen) atoms. The number of aryl methyl sites for hydroxylation is 1. The van der Waals surface area contributed by atoms with E-state index in [1.807, 2.05) is 0 Å². The van der Waals surface area contributed by atoms with Gasteiger partial charge in [0.25, 0.3) is 5.91 Å². The predicted molar refractivity (Wildman–Crippen MR) is 76.5 cm³/mol. The molecule has 6 heteroatoms. The molecule has 0 bridgehead atoms. The van der Waals surface area contributed by atoms with Gasteiger partial charge in [0.05, 0.1) is 18.4 Å². The van der Waals surface area contributed by atoms with Gasteiger partial charge in [0.1, 0.15) is 17.4 Å². The number of anilines is 2. The summed E-state index contributed by atoms with van der Waals surface area (Å²) >= 11 is 0. The number of carbonyl (C=O) groups is 1. The zero-order chi connectivity index (χ0) is 15.6. The van der Waals surface area contributed by atoms with E-state index in [9.17, 15) is 13.6 Å². The molecule has 0 aliphatic carbocycles. The second-order valence-electron chi connectivity index (χ2n) is 4.49. The van der Waals surface area contributed by atoms with Crippen LogP contribution in [0, 0.1) is 18.6 Å². The lowest BCUT2D eigenvalue weighted by Crippen LogP contribution is -2.15. The fourth-order valence-electron chi connectivity index (χ4n) is 1.79. The van der Waals surface area contributed by atoms with E-state index in [0.29, 0.717) is 5.75 Å². The second kappa shape index (κ2) is 5.78. The summed E-state index contributed by atoms with van der Waals surface area (Å²) in [6, 6.07) is 6.46. The van der Waals surface area contributed by atoms with Crippen LogP contribution in [-0.4, -0.2) is 13.0 Å². The standard InChI is InChI=1S/C15H14F2N2O2/c1-8-5-12(17)14(7-11(8)16)19-15(20)10-6-9(21-2)3-4-13(10)18/h3-7H,18H2,1-2H3,(H,19,20). The molecular weight excluding hydrogens is 278 g/mol. The number of nitrogens with two attached hydrogens (primary N) is 1. The average Bonchev–Trinajstić information content (AvgIpc) is 2.45. The first-order valence-corrected chi connectivity index (χ1v) is 6.13. The molecule has 4 nitrogen and oxygen atoms in total. The molecule has 0 radical (unpaired) electrons. The predicted octanol–water partition coefficient (Wildman–Crippen LogP) is 3.12. The molecule has 0 aliphatic rings. The molecule has 0 fully saturated rings. The van der Waals surface area contributed by atoms with Crippen molar-refractivity contribution in [3.63, 3.8) is 0 Å². The third kappa shape index (κ3) is 3.10. The Hall–Kier alpha value is -2.63. The van der Waals surface area contributed by atoms with E-state index >= 15 is 0 Å². The number of nitrogens with one attached hydrogen (secondary N) is 1. The van der Waals surface area contributed by atoms with Crippen LogP contribution in [0.25, 0.3) is 0 Å². The van der Waals surface area contributed by atoms with Gasteiger partial charge in [0.2, 0.25) is 0 Å². The molecule has 1 amide bonds. The Balaban J connectivity index is 2.32. The van der Waals surface area contributed by atoms with E-state index in [1.165, 1.54) is 26.2 Å². The molecule has 0 saturated carbocycles. The largest absolute Gasteiger partial charge is 0.497 e. The molecular formula is C15H14F2N2O2. The van der Waals surface area contributed by atoms with Gasteiger partial charge >= 0.3 is 0 Å². The van der Waals surface area contributed by atoms with E-state index in [2.05, 4.69) is 5.32 Å². The van der Waals surface area contributed by atoms with Crippen molar-refractivity contribution in [2.45, 2.75) is 6.92 Å². The minimum absolute atomic E-state index is 0.120. The van der Waals surface area contributed by atoms with Crippen molar-refractivity contribution in [1.82, 2.24) is 0 Å². The summed E-state index contributed by atoms with van der Waals surface area (Å²) in [5.41, 5.74) is 5.95. The van der Waals surface area contributed by atoms with Gasteiger partial charge in [-0.05, 0) is 36.8 Å². The number of benzene rings is 2. The number of carbonyl (C=O) groups excluding carboxylic acids is 1. The van der Waals surface area contributed by atoms with E-state index in [0.717, 1.165) is 12.1 Å². The average molecular weight is 292 g/mol. The summed E-state index contributed by atoms with van der Waals surface area (Å²) in [5, 5.41) is 2.30. The van der Waals surface area contributed by atoms with Crippen LogP contribution in [0.2, 0.25) is 0 Å². The highest BCUT2D eigenvalue weighted by Gasteiger charge is 2.15. The summed E-state index contributed by atoms with van der Waals surface area (Å²) < 4.78 is 32.2. The highest BCUT2D eigenvalue weighted by molar-refractivity contribution is 6.08. The van der Waals surface area contributed by atoms with Crippen molar-refractivity contribution in [2.75, 3.05) is 18.2 Å². The van der Waals surface area contributed by atoms with Crippen LogP contribution in [0.15, 0.2) is 30.3 Å².